The van der Waals surface area contributed by atoms with Crippen molar-refractivity contribution in [1.29, 1.82) is 0 Å². The summed E-state index contributed by atoms with van der Waals surface area (Å²) < 4.78 is 12.5. The van der Waals surface area contributed by atoms with E-state index >= 15 is 0 Å². The first-order valence-corrected chi connectivity index (χ1v) is 3.27. The van der Waals surface area contributed by atoms with Crippen LogP contribution in [-0.2, 0) is 0 Å². The van der Waals surface area contributed by atoms with Gasteiger partial charge in [-0.05, 0) is 24.6 Å². The fraction of sp³-hybridized carbons (Fsp3) is 0.250. The highest BCUT2D eigenvalue weighted by molar-refractivity contribution is 5.29. The second kappa shape index (κ2) is 2.88. The molecule has 2 N–H and O–H groups in total. The van der Waals surface area contributed by atoms with Crippen LogP contribution in [0.1, 0.15) is 18.6 Å². The molecule has 0 amide bonds. The lowest BCUT2D eigenvalue weighted by Gasteiger charge is -2.04. The molecule has 0 heterocycles. The number of aliphatic hydroxyl groups excluding tert-OH is 1. The van der Waals surface area contributed by atoms with E-state index in [1.807, 2.05) is 0 Å². The number of aromatic hydroxyl groups is 1. The Morgan fingerprint density at radius 2 is 2.00 bits per heavy atom. The second-order valence-corrected chi connectivity index (χ2v) is 2.42. The van der Waals surface area contributed by atoms with Crippen LogP contribution in [0.2, 0.25) is 0 Å². The number of phenolic OH excluding ortho intramolecular Hbond substituents is 1. The van der Waals surface area contributed by atoms with Gasteiger partial charge >= 0.3 is 0 Å². The normalized spacial score (nSPS) is 13.0. The summed E-state index contributed by atoms with van der Waals surface area (Å²) in [6.07, 6.45) is -0.753. The number of benzene rings is 1. The predicted octanol–water partition coefficient (Wildman–Crippen LogP) is 1.58. The van der Waals surface area contributed by atoms with Gasteiger partial charge in [-0.1, -0.05) is 0 Å². The van der Waals surface area contributed by atoms with Crippen LogP contribution in [0, 0.1) is 5.82 Å². The third-order valence-electron chi connectivity index (χ3n) is 1.39. The molecule has 0 aliphatic rings. The van der Waals surface area contributed by atoms with Gasteiger partial charge in [0.25, 0.3) is 0 Å². The predicted molar refractivity (Wildman–Crippen MR) is 38.7 cm³/mol. The van der Waals surface area contributed by atoms with E-state index in [0.29, 0.717) is 5.56 Å². The summed E-state index contributed by atoms with van der Waals surface area (Å²) >= 11 is 0. The summed E-state index contributed by atoms with van der Waals surface area (Å²) in [5.41, 5.74) is 0.377. The van der Waals surface area contributed by atoms with Crippen LogP contribution in [0.5, 0.6) is 5.75 Å². The Balaban J connectivity index is 3.08. The molecular weight excluding hydrogens is 147 g/mol. The summed E-state index contributed by atoms with van der Waals surface area (Å²) in [5, 5.41) is 17.9. The number of phenols is 1. The lowest BCUT2D eigenvalue weighted by molar-refractivity contribution is 0.198. The van der Waals surface area contributed by atoms with Crippen molar-refractivity contribution in [3.63, 3.8) is 0 Å². The SMILES string of the molecule is CC(O)c1cc(O)cc(F)c1. The fourth-order valence-electron chi connectivity index (χ4n) is 0.837. The van der Waals surface area contributed by atoms with Crippen LogP contribution < -0.4 is 0 Å². The number of aliphatic hydroxyl groups is 1. The zero-order chi connectivity index (χ0) is 8.43. The van der Waals surface area contributed by atoms with Crippen LogP contribution in [0.25, 0.3) is 0 Å². The van der Waals surface area contributed by atoms with Crippen molar-refractivity contribution in [3.8, 4) is 5.75 Å². The van der Waals surface area contributed by atoms with Crippen molar-refractivity contribution in [1.82, 2.24) is 0 Å². The van der Waals surface area contributed by atoms with Gasteiger partial charge < -0.3 is 10.2 Å². The smallest absolute Gasteiger partial charge is 0.127 e. The zero-order valence-electron chi connectivity index (χ0n) is 6.08. The van der Waals surface area contributed by atoms with Gasteiger partial charge in [-0.2, -0.15) is 0 Å². The Labute approximate surface area is 63.9 Å². The van der Waals surface area contributed by atoms with E-state index in [-0.39, 0.29) is 5.75 Å². The van der Waals surface area contributed by atoms with Crippen molar-refractivity contribution in [2.75, 3.05) is 0 Å². The first-order valence-electron chi connectivity index (χ1n) is 3.27. The minimum atomic E-state index is -0.753. The third kappa shape index (κ3) is 1.91. The van der Waals surface area contributed by atoms with Gasteiger partial charge in [-0.25, -0.2) is 4.39 Å². The van der Waals surface area contributed by atoms with Gasteiger partial charge in [0.05, 0.1) is 6.10 Å². The Bertz CT molecular complexity index is 238. The highest BCUT2D eigenvalue weighted by Crippen LogP contribution is 2.19. The van der Waals surface area contributed by atoms with E-state index in [1.165, 1.54) is 19.1 Å². The van der Waals surface area contributed by atoms with Crippen molar-refractivity contribution in [2.24, 2.45) is 0 Å². The Morgan fingerprint density at radius 1 is 1.36 bits per heavy atom. The molecule has 0 aliphatic carbocycles. The van der Waals surface area contributed by atoms with Gasteiger partial charge in [0.15, 0.2) is 0 Å². The van der Waals surface area contributed by atoms with E-state index in [4.69, 9.17) is 10.2 Å². The molecule has 0 aromatic heterocycles. The van der Waals surface area contributed by atoms with E-state index in [2.05, 4.69) is 0 Å². The highest BCUT2D eigenvalue weighted by atomic mass is 19.1. The number of hydrogen-bond acceptors (Lipinski definition) is 2. The van der Waals surface area contributed by atoms with Gasteiger partial charge in [0.1, 0.15) is 11.6 Å². The van der Waals surface area contributed by atoms with Crippen LogP contribution >= 0.6 is 0 Å². The standard InChI is InChI=1S/C8H9FO2/c1-5(10)6-2-7(9)4-8(11)3-6/h2-5,10-11H,1H3. The number of rotatable bonds is 1. The molecule has 3 heteroatoms. The second-order valence-electron chi connectivity index (χ2n) is 2.42. The Kier molecular flexibility index (Phi) is 2.10. The molecule has 1 atom stereocenters. The van der Waals surface area contributed by atoms with Gasteiger partial charge in [-0.3, -0.25) is 0 Å². The zero-order valence-corrected chi connectivity index (χ0v) is 6.08. The summed E-state index contributed by atoms with van der Waals surface area (Å²) in [4.78, 5) is 0. The lowest BCUT2D eigenvalue weighted by atomic mass is 10.1. The minimum Gasteiger partial charge on any atom is -0.508 e. The lowest BCUT2D eigenvalue weighted by Crippen LogP contribution is -1.91. The van der Waals surface area contributed by atoms with Gasteiger partial charge in [0.2, 0.25) is 0 Å². The molecule has 0 radical (unpaired) electrons. The molecule has 0 fully saturated rings. The quantitative estimate of drug-likeness (QED) is 0.648. The molecule has 60 valence electrons. The maximum Gasteiger partial charge on any atom is 0.127 e. The minimum absolute atomic E-state index is 0.166. The summed E-state index contributed by atoms with van der Waals surface area (Å²) in [6, 6.07) is 3.50. The molecular formula is C8H9FO2. The van der Waals surface area contributed by atoms with Crippen molar-refractivity contribution in [3.05, 3.63) is 29.6 Å². The first kappa shape index (κ1) is 8.01. The van der Waals surface area contributed by atoms with E-state index in [0.717, 1.165) is 6.07 Å². The average Bonchev–Trinajstić information content (AvgIpc) is 1.85. The van der Waals surface area contributed by atoms with Crippen LogP contribution in [-0.4, -0.2) is 10.2 Å². The maximum absolute atomic E-state index is 12.5. The third-order valence-corrected chi connectivity index (χ3v) is 1.39. The molecule has 0 bridgehead atoms. The molecule has 2 nitrogen and oxygen atoms in total. The molecule has 0 aliphatic heterocycles. The monoisotopic (exact) mass is 156 g/mol. The van der Waals surface area contributed by atoms with E-state index in [1.54, 1.807) is 0 Å². The summed E-state index contributed by atoms with van der Waals surface area (Å²) in [7, 11) is 0. The summed E-state index contributed by atoms with van der Waals surface area (Å²) in [5.74, 6) is -0.707. The Morgan fingerprint density at radius 3 is 2.45 bits per heavy atom. The number of hydrogen-bond donors (Lipinski definition) is 2. The summed E-state index contributed by atoms with van der Waals surface area (Å²) in [6.45, 7) is 1.51. The molecule has 0 saturated carbocycles. The van der Waals surface area contributed by atoms with Crippen molar-refractivity contribution in [2.45, 2.75) is 13.0 Å². The topological polar surface area (TPSA) is 40.5 Å². The van der Waals surface area contributed by atoms with E-state index < -0.39 is 11.9 Å². The van der Waals surface area contributed by atoms with Crippen molar-refractivity contribution >= 4 is 0 Å². The first-order chi connectivity index (χ1) is 5.09. The maximum atomic E-state index is 12.5. The molecule has 1 rings (SSSR count). The molecule has 0 saturated heterocycles. The fourth-order valence-corrected chi connectivity index (χ4v) is 0.837. The van der Waals surface area contributed by atoms with Gasteiger partial charge in [-0.15, -0.1) is 0 Å². The van der Waals surface area contributed by atoms with E-state index in [9.17, 15) is 4.39 Å². The van der Waals surface area contributed by atoms with Crippen LogP contribution in [0.15, 0.2) is 18.2 Å². The molecule has 0 spiro atoms. The molecule has 1 aromatic carbocycles. The molecule has 1 aromatic rings. The molecule has 1 unspecified atom stereocenters. The average molecular weight is 156 g/mol. The van der Waals surface area contributed by atoms with Crippen LogP contribution in [0.3, 0.4) is 0 Å². The van der Waals surface area contributed by atoms with Crippen LogP contribution in [0.4, 0.5) is 4.39 Å². The number of halogens is 1. The van der Waals surface area contributed by atoms with Gasteiger partial charge in [0, 0.05) is 6.07 Å². The highest BCUT2D eigenvalue weighted by Gasteiger charge is 2.03. The van der Waals surface area contributed by atoms with Crippen molar-refractivity contribution < 1.29 is 14.6 Å². The largest absolute Gasteiger partial charge is 0.508 e. The Hall–Kier alpha value is -1.09. The molecule has 11 heavy (non-hydrogen) atoms.